The number of thiophene rings is 1. The van der Waals surface area contributed by atoms with Crippen molar-refractivity contribution >= 4 is 34.6 Å². The number of amides is 2. The summed E-state index contributed by atoms with van der Waals surface area (Å²) >= 11 is 1.37. The number of nitrogens with one attached hydrogen (secondary N) is 2. The van der Waals surface area contributed by atoms with Crippen LogP contribution in [0.2, 0.25) is 0 Å². The van der Waals surface area contributed by atoms with Gasteiger partial charge in [0.25, 0.3) is 0 Å². The van der Waals surface area contributed by atoms with Crippen LogP contribution >= 0.6 is 11.3 Å². The van der Waals surface area contributed by atoms with Crippen molar-refractivity contribution in [2.24, 2.45) is 4.99 Å². The van der Waals surface area contributed by atoms with Crippen LogP contribution in [0.25, 0.3) is 0 Å². The van der Waals surface area contributed by atoms with E-state index in [9.17, 15) is 14.9 Å². The first-order valence-electron chi connectivity index (χ1n) is 10.8. The van der Waals surface area contributed by atoms with E-state index in [-0.39, 0.29) is 24.1 Å². The molecule has 8 heteroatoms. The third-order valence-electron chi connectivity index (χ3n) is 5.56. The van der Waals surface area contributed by atoms with Crippen LogP contribution in [-0.2, 0) is 22.4 Å². The SMILES string of the molecule is C=CN=CC(=C)/C=C/C(=O)Nc1sc2c(c1C#N)CCC(OC(=O)NC1CCCCC1)C2. The molecule has 0 aliphatic heterocycles. The third kappa shape index (κ3) is 6.41. The van der Waals surface area contributed by atoms with Gasteiger partial charge in [0.2, 0.25) is 5.91 Å². The van der Waals surface area contributed by atoms with Gasteiger partial charge in [0.15, 0.2) is 0 Å². The molecular weight excluding hydrogens is 424 g/mol. The van der Waals surface area contributed by atoms with E-state index in [2.05, 4.69) is 34.9 Å². The predicted molar refractivity (Wildman–Crippen MR) is 127 cm³/mol. The van der Waals surface area contributed by atoms with Gasteiger partial charge in [0.05, 0.1) is 5.56 Å². The highest BCUT2D eigenvalue weighted by Gasteiger charge is 2.29. The fourth-order valence-electron chi connectivity index (χ4n) is 3.99. The lowest BCUT2D eigenvalue weighted by atomic mass is 9.93. The molecular formula is C24H28N4O3S. The zero-order valence-corrected chi connectivity index (χ0v) is 18.9. The van der Waals surface area contributed by atoms with Crippen LogP contribution in [0, 0.1) is 11.3 Å². The number of ether oxygens (including phenoxy) is 1. The van der Waals surface area contributed by atoms with Crippen LogP contribution in [0.3, 0.4) is 0 Å². The van der Waals surface area contributed by atoms with Crippen LogP contribution in [-0.4, -0.2) is 30.4 Å². The Kier molecular flexibility index (Phi) is 8.40. The normalized spacial score (nSPS) is 18.7. The number of carbonyl (C=O) groups is 2. The molecule has 0 aromatic carbocycles. The Morgan fingerprint density at radius 3 is 2.72 bits per heavy atom. The van der Waals surface area contributed by atoms with Gasteiger partial charge in [-0.25, -0.2) is 4.79 Å². The quantitative estimate of drug-likeness (QED) is 0.352. The maximum atomic E-state index is 12.3. The van der Waals surface area contributed by atoms with Crippen LogP contribution < -0.4 is 10.6 Å². The molecule has 1 aromatic heterocycles. The molecule has 2 amide bonds. The first kappa shape index (κ1) is 23.5. The highest BCUT2D eigenvalue weighted by Crippen LogP contribution is 2.38. The summed E-state index contributed by atoms with van der Waals surface area (Å²) in [5, 5.41) is 15.9. The van der Waals surface area contributed by atoms with Crippen molar-refractivity contribution in [1.82, 2.24) is 5.32 Å². The molecule has 0 bridgehead atoms. The average Bonchev–Trinajstić information content (AvgIpc) is 3.12. The number of allylic oxidation sites excluding steroid dienone is 2. The Morgan fingerprint density at radius 1 is 1.22 bits per heavy atom. The van der Waals surface area contributed by atoms with Gasteiger partial charge in [-0.3, -0.25) is 9.79 Å². The van der Waals surface area contributed by atoms with Crippen LogP contribution in [0.4, 0.5) is 9.80 Å². The molecule has 1 unspecified atom stereocenters. The first-order valence-corrected chi connectivity index (χ1v) is 11.7. The molecule has 1 fully saturated rings. The fourth-order valence-corrected chi connectivity index (χ4v) is 5.25. The van der Waals surface area contributed by atoms with Crippen molar-refractivity contribution in [3.8, 4) is 6.07 Å². The number of anilines is 1. The van der Waals surface area contributed by atoms with E-state index in [1.165, 1.54) is 42.3 Å². The molecule has 0 radical (unpaired) electrons. The molecule has 0 spiro atoms. The minimum absolute atomic E-state index is 0.205. The van der Waals surface area contributed by atoms with Gasteiger partial charge in [-0.05, 0) is 42.9 Å². The number of nitriles is 1. The van der Waals surface area contributed by atoms with Gasteiger partial charge in [-0.1, -0.05) is 32.4 Å². The van der Waals surface area contributed by atoms with Gasteiger partial charge in [-0.15, -0.1) is 11.3 Å². The van der Waals surface area contributed by atoms with Crippen LogP contribution in [0.5, 0.6) is 0 Å². The van der Waals surface area contributed by atoms with Crippen LogP contribution in [0.15, 0.2) is 42.1 Å². The van der Waals surface area contributed by atoms with Crippen molar-refractivity contribution in [2.45, 2.75) is 63.5 Å². The smallest absolute Gasteiger partial charge is 0.407 e. The van der Waals surface area contributed by atoms with E-state index in [0.717, 1.165) is 36.1 Å². The van der Waals surface area contributed by atoms with E-state index in [1.807, 2.05) is 0 Å². The lowest BCUT2D eigenvalue weighted by Gasteiger charge is -2.26. The van der Waals surface area contributed by atoms with E-state index in [0.29, 0.717) is 35.4 Å². The van der Waals surface area contributed by atoms with Gasteiger partial charge in [0.1, 0.15) is 17.2 Å². The Hall–Kier alpha value is -3.18. The molecule has 1 saturated carbocycles. The van der Waals surface area contributed by atoms with E-state index in [4.69, 9.17) is 4.74 Å². The van der Waals surface area contributed by atoms with Crippen molar-refractivity contribution in [3.05, 3.63) is 53.1 Å². The summed E-state index contributed by atoms with van der Waals surface area (Å²) < 4.78 is 5.66. The van der Waals surface area contributed by atoms with Crippen molar-refractivity contribution < 1.29 is 14.3 Å². The topological polar surface area (TPSA) is 104 Å². The molecule has 1 aromatic rings. The molecule has 7 nitrogen and oxygen atoms in total. The highest BCUT2D eigenvalue weighted by atomic mass is 32.1. The summed E-state index contributed by atoms with van der Waals surface area (Å²) in [5.41, 5.74) is 1.98. The second-order valence-electron chi connectivity index (χ2n) is 7.93. The molecule has 2 N–H and O–H groups in total. The number of rotatable bonds is 7. The molecule has 168 valence electrons. The zero-order chi connectivity index (χ0) is 22.9. The predicted octanol–water partition coefficient (Wildman–Crippen LogP) is 4.80. The second-order valence-corrected chi connectivity index (χ2v) is 9.03. The van der Waals surface area contributed by atoms with Gasteiger partial charge < -0.3 is 15.4 Å². The minimum atomic E-state index is -0.360. The largest absolute Gasteiger partial charge is 0.446 e. The molecule has 1 atom stereocenters. The lowest BCUT2D eigenvalue weighted by molar-refractivity contribution is -0.111. The van der Waals surface area contributed by atoms with Crippen molar-refractivity contribution in [2.75, 3.05) is 5.32 Å². The average molecular weight is 453 g/mol. The standard InChI is InChI=1S/C24H28N4O3S/c1-3-26-15-16(2)9-12-22(29)28-23-20(14-25)19-11-10-18(13-21(19)32-23)31-24(30)27-17-7-5-4-6-8-17/h3,9,12,15,17-18H,1-2,4-8,10-11,13H2,(H,27,30)(H,28,29)/b12-9+,26-15?. The molecule has 2 aliphatic rings. The summed E-state index contributed by atoms with van der Waals surface area (Å²) in [6.45, 7) is 7.25. The minimum Gasteiger partial charge on any atom is -0.446 e. The number of aliphatic imine (C=N–C) groups is 1. The van der Waals surface area contributed by atoms with Gasteiger partial charge in [-0.2, -0.15) is 5.26 Å². The van der Waals surface area contributed by atoms with E-state index < -0.39 is 0 Å². The van der Waals surface area contributed by atoms with Gasteiger partial charge in [0, 0.05) is 35.8 Å². The number of hydrogen-bond acceptors (Lipinski definition) is 6. The van der Waals surface area contributed by atoms with Crippen molar-refractivity contribution in [1.29, 1.82) is 5.26 Å². The Morgan fingerprint density at radius 2 is 2.00 bits per heavy atom. The number of fused-ring (bicyclic) bond motifs is 1. The monoisotopic (exact) mass is 452 g/mol. The van der Waals surface area contributed by atoms with E-state index >= 15 is 0 Å². The second kappa shape index (κ2) is 11.4. The summed E-state index contributed by atoms with van der Waals surface area (Å²) in [6, 6.07) is 2.42. The number of nitrogens with zero attached hydrogens (tertiary/aromatic N) is 2. The fraction of sp³-hybridized carbons (Fsp3) is 0.417. The maximum Gasteiger partial charge on any atom is 0.407 e. The Bertz CT molecular complexity index is 980. The molecule has 1 heterocycles. The molecule has 0 saturated heterocycles. The Balaban J connectivity index is 1.59. The molecule has 3 rings (SSSR count). The van der Waals surface area contributed by atoms with Crippen molar-refractivity contribution in [3.63, 3.8) is 0 Å². The lowest BCUT2D eigenvalue weighted by Crippen LogP contribution is -2.39. The number of carbonyl (C=O) groups excluding carboxylic acids is 2. The summed E-state index contributed by atoms with van der Waals surface area (Å²) in [7, 11) is 0. The van der Waals surface area contributed by atoms with Crippen LogP contribution in [0.1, 0.15) is 54.5 Å². The zero-order valence-electron chi connectivity index (χ0n) is 18.1. The highest BCUT2D eigenvalue weighted by molar-refractivity contribution is 7.16. The maximum absolute atomic E-state index is 12.3. The number of hydrogen-bond donors (Lipinski definition) is 2. The Labute approximate surface area is 192 Å². The summed E-state index contributed by atoms with van der Waals surface area (Å²) in [4.78, 5) is 29.4. The first-order chi connectivity index (χ1) is 15.5. The third-order valence-corrected chi connectivity index (χ3v) is 6.73. The van der Waals surface area contributed by atoms with Gasteiger partial charge >= 0.3 is 6.09 Å². The van der Waals surface area contributed by atoms with E-state index in [1.54, 1.807) is 0 Å². The summed E-state index contributed by atoms with van der Waals surface area (Å²) in [6.07, 6.45) is 12.5. The summed E-state index contributed by atoms with van der Waals surface area (Å²) in [5.74, 6) is -0.354. The molecule has 2 aliphatic carbocycles. The number of alkyl carbamates (subject to hydrolysis) is 1. The molecule has 32 heavy (non-hydrogen) atoms.